The van der Waals surface area contributed by atoms with Crippen molar-refractivity contribution in [3.63, 3.8) is 0 Å². The number of nitrogens with one attached hydrogen (secondary N) is 2. The fourth-order valence-corrected chi connectivity index (χ4v) is 4.42. The Labute approximate surface area is 197 Å². The van der Waals surface area contributed by atoms with Crippen molar-refractivity contribution in [2.75, 3.05) is 5.32 Å². The van der Waals surface area contributed by atoms with Crippen LogP contribution in [0, 0.1) is 5.92 Å². The summed E-state index contributed by atoms with van der Waals surface area (Å²) in [7, 11) is 0. The van der Waals surface area contributed by atoms with Gasteiger partial charge in [0.15, 0.2) is 5.75 Å². The lowest BCUT2D eigenvalue weighted by Crippen LogP contribution is -2.22. The highest BCUT2D eigenvalue weighted by molar-refractivity contribution is 7.21. The molecular formula is C27H26N2O3S. The maximum Gasteiger partial charge on any atom is 0.265 e. The minimum absolute atomic E-state index is 0.0401. The molecule has 4 aromatic rings. The zero-order chi connectivity index (χ0) is 23.2. The lowest BCUT2D eigenvalue weighted by molar-refractivity contribution is -0.118. The largest absolute Gasteiger partial charge is 0.487 e. The molecule has 0 fully saturated rings. The van der Waals surface area contributed by atoms with E-state index in [4.69, 9.17) is 4.74 Å². The van der Waals surface area contributed by atoms with Gasteiger partial charge in [-0.15, -0.1) is 11.3 Å². The van der Waals surface area contributed by atoms with Gasteiger partial charge in [0, 0.05) is 28.2 Å². The van der Waals surface area contributed by atoms with E-state index in [9.17, 15) is 9.59 Å². The Morgan fingerprint density at radius 2 is 1.64 bits per heavy atom. The van der Waals surface area contributed by atoms with E-state index in [1.165, 1.54) is 11.3 Å². The molecule has 168 valence electrons. The number of carbonyl (C=O) groups is 2. The fourth-order valence-electron chi connectivity index (χ4n) is 3.35. The van der Waals surface area contributed by atoms with Gasteiger partial charge in [-0.25, -0.2) is 0 Å². The number of fused-ring (bicyclic) bond motifs is 1. The smallest absolute Gasteiger partial charge is 0.265 e. The van der Waals surface area contributed by atoms with Crippen LogP contribution in [0.2, 0.25) is 0 Å². The van der Waals surface area contributed by atoms with Crippen LogP contribution in [-0.2, 0) is 17.9 Å². The van der Waals surface area contributed by atoms with Gasteiger partial charge < -0.3 is 15.4 Å². The van der Waals surface area contributed by atoms with Crippen molar-refractivity contribution in [3.05, 3.63) is 94.9 Å². The average molecular weight is 459 g/mol. The predicted molar refractivity (Wildman–Crippen MR) is 134 cm³/mol. The van der Waals surface area contributed by atoms with Gasteiger partial charge in [0.25, 0.3) is 5.91 Å². The highest BCUT2D eigenvalue weighted by Crippen LogP contribution is 2.38. The summed E-state index contributed by atoms with van der Waals surface area (Å²) >= 11 is 1.42. The molecule has 33 heavy (non-hydrogen) atoms. The maximum atomic E-state index is 13.1. The predicted octanol–water partition coefficient (Wildman–Crippen LogP) is 6.00. The Hall–Kier alpha value is -3.64. The van der Waals surface area contributed by atoms with E-state index in [0.29, 0.717) is 29.5 Å². The second-order valence-electron chi connectivity index (χ2n) is 8.06. The van der Waals surface area contributed by atoms with E-state index in [-0.39, 0.29) is 17.7 Å². The molecule has 0 atom stereocenters. The van der Waals surface area contributed by atoms with E-state index < -0.39 is 0 Å². The van der Waals surface area contributed by atoms with Crippen LogP contribution in [0.5, 0.6) is 5.75 Å². The molecule has 0 aliphatic rings. The van der Waals surface area contributed by atoms with Crippen LogP contribution in [0.3, 0.4) is 0 Å². The van der Waals surface area contributed by atoms with E-state index in [2.05, 4.69) is 10.6 Å². The Bertz CT molecular complexity index is 1260. The van der Waals surface area contributed by atoms with Crippen molar-refractivity contribution in [1.82, 2.24) is 5.32 Å². The number of thiophene rings is 1. The molecule has 2 amide bonds. The first kappa shape index (κ1) is 22.6. The molecule has 0 aliphatic heterocycles. The molecule has 2 N–H and O–H groups in total. The zero-order valence-corrected chi connectivity index (χ0v) is 19.4. The molecule has 0 unspecified atom stereocenters. The lowest BCUT2D eigenvalue weighted by atomic mass is 10.1. The first-order valence-corrected chi connectivity index (χ1v) is 11.7. The summed E-state index contributed by atoms with van der Waals surface area (Å²) < 4.78 is 7.14. The quantitative estimate of drug-likeness (QED) is 0.340. The van der Waals surface area contributed by atoms with Crippen LogP contribution in [0.25, 0.3) is 10.1 Å². The van der Waals surface area contributed by atoms with Gasteiger partial charge in [-0.3, -0.25) is 9.59 Å². The van der Waals surface area contributed by atoms with Crippen molar-refractivity contribution in [2.24, 2.45) is 5.92 Å². The summed E-state index contributed by atoms with van der Waals surface area (Å²) in [5.41, 5.74) is 2.66. The van der Waals surface area contributed by atoms with Crippen LogP contribution < -0.4 is 15.4 Å². The Morgan fingerprint density at radius 1 is 0.909 bits per heavy atom. The number of ether oxygens (including phenoxy) is 1. The fraction of sp³-hybridized carbons (Fsp3) is 0.185. The topological polar surface area (TPSA) is 67.4 Å². The summed E-state index contributed by atoms with van der Waals surface area (Å²) in [6.07, 6.45) is 0. The van der Waals surface area contributed by atoms with Crippen molar-refractivity contribution >= 4 is 38.9 Å². The second-order valence-corrected chi connectivity index (χ2v) is 9.11. The minimum atomic E-state index is -0.184. The number of anilines is 1. The minimum Gasteiger partial charge on any atom is -0.487 e. The van der Waals surface area contributed by atoms with Gasteiger partial charge in [-0.05, 0) is 35.4 Å². The molecule has 0 saturated heterocycles. The van der Waals surface area contributed by atoms with E-state index in [1.807, 2.05) is 92.7 Å². The number of hydrogen-bond donors (Lipinski definition) is 2. The van der Waals surface area contributed by atoms with Crippen molar-refractivity contribution in [1.29, 1.82) is 0 Å². The van der Waals surface area contributed by atoms with Crippen LogP contribution in [0.4, 0.5) is 5.69 Å². The molecule has 5 nitrogen and oxygen atoms in total. The molecule has 0 bridgehead atoms. The number of hydrogen-bond acceptors (Lipinski definition) is 4. The SMILES string of the molecule is CC(C)C(=O)Nc1cccc(CNC(=O)c2sc3ccccc3c2OCc2ccccc2)c1. The van der Waals surface area contributed by atoms with Crippen molar-refractivity contribution < 1.29 is 14.3 Å². The second kappa shape index (κ2) is 10.3. The monoisotopic (exact) mass is 458 g/mol. The first-order valence-electron chi connectivity index (χ1n) is 10.9. The Kier molecular flexibility index (Phi) is 7.05. The third kappa shape index (κ3) is 5.59. The van der Waals surface area contributed by atoms with Crippen LogP contribution in [0.15, 0.2) is 78.9 Å². The van der Waals surface area contributed by atoms with Gasteiger partial charge in [0.2, 0.25) is 5.91 Å². The molecule has 1 heterocycles. The van der Waals surface area contributed by atoms with Gasteiger partial charge in [-0.2, -0.15) is 0 Å². The van der Waals surface area contributed by atoms with Gasteiger partial charge in [0.1, 0.15) is 11.5 Å². The molecule has 6 heteroatoms. The molecule has 4 rings (SSSR count). The standard InChI is InChI=1S/C27H26N2O3S/c1-18(2)26(30)29-21-12-8-11-20(15-21)16-28-27(31)25-24(22-13-6-7-14-23(22)33-25)32-17-19-9-4-3-5-10-19/h3-15,18H,16-17H2,1-2H3,(H,28,31)(H,29,30). The van der Waals surface area contributed by atoms with Crippen molar-refractivity contribution in [2.45, 2.75) is 27.0 Å². The Morgan fingerprint density at radius 3 is 2.42 bits per heavy atom. The lowest BCUT2D eigenvalue weighted by Gasteiger charge is -2.11. The average Bonchev–Trinajstić information content (AvgIpc) is 3.21. The van der Waals surface area contributed by atoms with E-state index >= 15 is 0 Å². The number of rotatable bonds is 8. The third-order valence-corrected chi connectivity index (χ3v) is 6.30. The van der Waals surface area contributed by atoms with Gasteiger partial charge in [-0.1, -0.05) is 68.4 Å². The number of carbonyl (C=O) groups excluding carboxylic acids is 2. The van der Waals surface area contributed by atoms with E-state index in [1.54, 1.807) is 0 Å². The van der Waals surface area contributed by atoms with Crippen molar-refractivity contribution in [3.8, 4) is 5.75 Å². The molecule has 0 radical (unpaired) electrons. The summed E-state index contributed by atoms with van der Waals surface area (Å²) in [4.78, 5) is 25.6. The summed E-state index contributed by atoms with van der Waals surface area (Å²) in [6, 6.07) is 25.3. The first-order chi connectivity index (χ1) is 16.0. The van der Waals surface area contributed by atoms with E-state index in [0.717, 1.165) is 21.2 Å². The zero-order valence-electron chi connectivity index (χ0n) is 18.6. The molecule has 0 saturated carbocycles. The molecule has 0 aliphatic carbocycles. The maximum absolute atomic E-state index is 13.1. The molecule has 3 aromatic carbocycles. The Balaban J connectivity index is 1.49. The van der Waals surface area contributed by atoms with Crippen LogP contribution in [0.1, 0.15) is 34.6 Å². The van der Waals surface area contributed by atoms with Crippen LogP contribution >= 0.6 is 11.3 Å². The molecule has 0 spiro atoms. The summed E-state index contributed by atoms with van der Waals surface area (Å²) in [5, 5.41) is 6.82. The third-order valence-electron chi connectivity index (χ3n) is 5.15. The highest BCUT2D eigenvalue weighted by Gasteiger charge is 2.20. The van der Waals surface area contributed by atoms with Gasteiger partial charge >= 0.3 is 0 Å². The van der Waals surface area contributed by atoms with Gasteiger partial charge in [0.05, 0.1) is 0 Å². The summed E-state index contributed by atoms with van der Waals surface area (Å²) in [5.74, 6) is 0.281. The normalized spacial score (nSPS) is 10.9. The van der Waals surface area contributed by atoms with Crippen LogP contribution in [-0.4, -0.2) is 11.8 Å². The number of amides is 2. The molecule has 1 aromatic heterocycles. The highest BCUT2D eigenvalue weighted by atomic mass is 32.1. The molecular weight excluding hydrogens is 432 g/mol. The summed E-state index contributed by atoms with van der Waals surface area (Å²) in [6.45, 7) is 4.43. The number of benzene rings is 3.